The Morgan fingerprint density at radius 3 is 2.58 bits per heavy atom. The number of benzene rings is 1. The monoisotopic (exact) mass is 366 g/mol. The van der Waals surface area contributed by atoms with Crippen LogP contribution in [-0.2, 0) is 6.42 Å². The maximum atomic E-state index is 12.0. The molecule has 1 unspecified atom stereocenters. The Balaban J connectivity index is 1.90. The Hall–Kier alpha value is -2.31. The van der Waals surface area contributed by atoms with Crippen LogP contribution in [0.3, 0.4) is 0 Å². The molecule has 24 heavy (non-hydrogen) atoms. The molecule has 0 radical (unpaired) electrons. The third-order valence-corrected chi connectivity index (χ3v) is 3.78. The SMILES string of the molecule is CC(Cc1ccc(Cl)cc1Cl)NC(=O)Nc1ccc(C(N)=O)nc1. The van der Waals surface area contributed by atoms with E-state index in [0.29, 0.717) is 22.2 Å². The van der Waals surface area contributed by atoms with Crippen molar-refractivity contribution in [3.8, 4) is 0 Å². The van der Waals surface area contributed by atoms with Gasteiger partial charge >= 0.3 is 6.03 Å². The van der Waals surface area contributed by atoms with Gasteiger partial charge in [-0.1, -0.05) is 29.3 Å². The van der Waals surface area contributed by atoms with Crippen molar-refractivity contribution < 1.29 is 9.59 Å². The molecule has 0 bridgehead atoms. The first kappa shape index (κ1) is 18.0. The minimum atomic E-state index is -0.625. The molecule has 8 heteroatoms. The van der Waals surface area contributed by atoms with Crippen LogP contribution in [0.2, 0.25) is 10.0 Å². The van der Waals surface area contributed by atoms with Crippen molar-refractivity contribution in [3.05, 3.63) is 57.8 Å². The summed E-state index contributed by atoms with van der Waals surface area (Å²) < 4.78 is 0. The lowest BCUT2D eigenvalue weighted by Crippen LogP contribution is -2.37. The van der Waals surface area contributed by atoms with Crippen LogP contribution in [0.4, 0.5) is 10.5 Å². The lowest BCUT2D eigenvalue weighted by Gasteiger charge is -2.15. The minimum absolute atomic E-state index is 0.131. The molecule has 1 atom stereocenters. The lowest BCUT2D eigenvalue weighted by molar-refractivity contribution is 0.0995. The van der Waals surface area contributed by atoms with Crippen LogP contribution in [0, 0.1) is 0 Å². The van der Waals surface area contributed by atoms with Crippen molar-refractivity contribution in [1.29, 1.82) is 0 Å². The summed E-state index contributed by atoms with van der Waals surface area (Å²) in [4.78, 5) is 26.8. The zero-order valence-electron chi connectivity index (χ0n) is 12.8. The van der Waals surface area contributed by atoms with Gasteiger partial charge in [0.2, 0.25) is 0 Å². The number of anilines is 1. The molecule has 0 fully saturated rings. The number of carbonyl (C=O) groups is 2. The fourth-order valence-corrected chi connectivity index (χ4v) is 2.56. The molecule has 1 aromatic heterocycles. The van der Waals surface area contributed by atoms with Gasteiger partial charge < -0.3 is 16.4 Å². The molecule has 2 aromatic rings. The summed E-state index contributed by atoms with van der Waals surface area (Å²) in [6.45, 7) is 1.86. The molecule has 1 heterocycles. The largest absolute Gasteiger partial charge is 0.364 e. The number of urea groups is 1. The van der Waals surface area contributed by atoms with E-state index in [1.54, 1.807) is 18.2 Å². The highest BCUT2D eigenvalue weighted by Crippen LogP contribution is 2.22. The number of pyridine rings is 1. The minimum Gasteiger partial charge on any atom is -0.364 e. The molecule has 6 nitrogen and oxygen atoms in total. The molecule has 2 rings (SSSR count). The van der Waals surface area contributed by atoms with E-state index in [4.69, 9.17) is 28.9 Å². The fraction of sp³-hybridized carbons (Fsp3) is 0.188. The number of nitrogens with zero attached hydrogens (tertiary/aromatic N) is 1. The molecule has 4 N–H and O–H groups in total. The first-order valence-electron chi connectivity index (χ1n) is 7.12. The van der Waals surface area contributed by atoms with E-state index >= 15 is 0 Å². The lowest BCUT2D eigenvalue weighted by atomic mass is 10.1. The number of nitrogens with two attached hydrogens (primary N) is 1. The number of carbonyl (C=O) groups excluding carboxylic acids is 2. The molecule has 0 aliphatic heterocycles. The maximum absolute atomic E-state index is 12.0. The number of rotatable bonds is 5. The molecule has 126 valence electrons. The van der Waals surface area contributed by atoms with E-state index in [9.17, 15) is 9.59 Å². The summed E-state index contributed by atoms with van der Waals surface area (Å²) in [7, 11) is 0. The van der Waals surface area contributed by atoms with Crippen molar-refractivity contribution in [1.82, 2.24) is 10.3 Å². The summed E-state index contributed by atoms with van der Waals surface area (Å²) in [6, 6.07) is 7.69. The Labute approximate surface area is 149 Å². The van der Waals surface area contributed by atoms with Crippen molar-refractivity contribution >= 4 is 40.8 Å². The fourth-order valence-electron chi connectivity index (χ4n) is 2.07. The van der Waals surface area contributed by atoms with E-state index in [0.717, 1.165) is 5.56 Å². The van der Waals surface area contributed by atoms with Gasteiger partial charge in [-0.3, -0.25) is 4.79 Å². The molecule has 0 aliphatic rings. The molecule has 3 amide bonds. The van der Waals surface area contributed by atoms with E-state index in [1.807, 2.05) is 13.0 Å². The second kappa shape index (κ2) is 7.99. The van der Waals surface area contributed by atoms with Gasteiger partial charge in [-0.15, -0.1) is 0 Å². The van der Waals surface area contributed by atoms with E-state index in [-0.39, 0.29) is 17.8 Å². The van der Waals surface area contributed by atoms with Gasteiger partial charge in [0.15, 0.2) is 0 Å². The van der Waals surface area contributed by atoms with Crippen LogP contribution in [-0.4, -0.2) is 23.0 Å². The molecule has 0 saturated heterocycles. The zero-order chi connectivity index (χ0) is 17.7. The predicted octanol–water partition coefficient (Wildman–Crippen LogP) is 3.24. The summed E-state index contributed by atoms with van der Waals surface area (Å²) in [5.74, 6) is -0.625. The quantitative estimate of drug-likeness (QED) is 0.757. The molecular weight excluding hydrogens is 351 g/mol. The number of primary amides is 1. The summed E-state index contributed by atoms with van der Waals surface area (Å²) in [5, 5.41) is 6.55. The topological polar surface area (TPSA) is 97.1 Å². The molecule has 1 aromatic carbocycles. The Kier molecular flexibility index (Phi) is 6.00. The average Bonchev–Trinajstić information content (AvgIpc) is 2.50. The Morgan fingerprint density at radius 1 is 1.25 bits per heavy atom. The number of hydrogen-bond donors (Lipinski definition) is 3. The van der Waals surface area contributed by atoms with Gasteiger partial charge in [0, 0.05) is 16.1 Å². The van der Waals surface area contributed by atoms with Gasteiger partial charge in [-0.2, -0.15) is 0 Å². The summed E-state index contributed by atoms with van der Waals surface area (Å²) in [5.41, 5.74) is 6.58. The van der Waals surface area contributed by atoms with Crippen molar-refractivity contribution in [2.45, 2.75) is 19.4 Å². The van der Waals surface area contributed by atoms with Gasteiger partial charge in [0.05, 0.1) is 11.9 Å². The molecule has 0 saturated carbocycles. The second-order valence-electron chi connectivity index (χ2n) is 5.24. The number of hydrogen-bond acceptors (Lipinski definition) is 3. The number of halogens is 2. The predicted molar refractivity (Wildman–Crippen MR) is 94.5 cm³/mol. The molecule has 0 aliphatic carbocycles. The van der Waals surface area contributed by atoms with Crippen LogP contribution < -0.4 is 16.4 Å². The summed E-state index contributed by atoms with van der Waals surface area (Å²) in [6.07, 6.45) is 1.92. The maximum Gasteiger partial charge on any atom is 0.319 e. The van der Waals surface area contributed by atoms with E-state index in [1.165, 1.54) is 12.3 Å². The Bertz CT molecular complexity index is 750. The van der Waals surface area contributed by atoms with Gasteiger partial charge in [0.1, 0.15) is 5.69 Å². The van der Waals surface area contributed by atoms with Crippen LogP contribution in [0.1, 0.15) is 23.0 Å². The van der Waals surface area contributed by atoms with E-state index < -0.39 is 5.91 Å². The average molecular weight is 367 g/mol. The van der Waals surface area contributed by atoms with Crippen molar-refractivity contribution in [2.24, 2.45) is 5.73 Å². The molecule has 0 spiro atoms. The number of aromatic nitrogens is 1. The number of amides is 3. The van der Waals surface area contributed by atoms with Crippen LogP contribution >= 0.6 is 23.2 Å². The normalized spacial score (nSPS) is 11.6. The molecular formula is C16H16Cl2N4O2. The highest BCUT2D eigenvalue weighted by Gasteiger charge is 2.11. The second-order valence-corrected chi connectivity index (χ2v) is 6.08. The zero-order valence-corrected chi connectivity index (χ0v) is 14.4. The van der Waals surface area contributed by atoms with Crippen molar-refractivity contribution in [2.75, 3.05) is 5.32 Å². The highest BCUT2D eigenvalue weighted by molar-refractivity contribution is 6.35. The van der Waals surface area contributed by atoms with Crippen molar-refractivity contribution in [3.63, 3.8) is 0 Å². The van der Waals surface area contributed by atoms with Gasteiger partial charge in [0.25, 0.3) is 5.91 Å². The number of nitrogens with one attached hydrogen (secondary N) is 2. The van der Waals surface area contributed by atoms with Crippen LogP contribution in [0.25, 0.3) is 0 Å². The first-order valence-corrected chi connectivity index (χ1v) is 7.88. The smallest absolute Gasteiger partial charge is 0.319 e. The Morgan fingerprint density at radius 2 is 2.00 bits per heavy atom. The highest BCUT2D eigenvalue weighted by atomic mass is 35.5. The standard InChI is InChI=1S/C16H16Cl2N4O2/c1-9(6-10-2-3-11(17)7-13(10)18)21-16(24)22-12-4-5-14(15(19)23)20-8-12/h2-5,7-9H,6H2,1H3,(H2,19,23)(H2,21,22,24). The third-order valence-electron chi connectivity index (χ3n) is 3.19. The first-order chi connectivity index (χ1) is 11.3. The van der Waals surface area contributed by atoms with Crippen LogP contribution in [0.5, 0.6) is 0 Å². The van der Waals surface area contributed by atoms with E-state index in [2.05, 4.69) is 15.6 Å². The third kappa shape index (κ3) is 5.11. The summed E-state index contributed by atoms with van der Waals surface area (Å²) >= 11 is 12.0. The van der Waals surface area contributed by atoms with Gasteiger partial charge in [-0.25, -0.2) is 9.78 Å². The van der Waals surface area contributed by atoms with Crippen LogP contribution in [0.15, 0.2) is 36.5 Å². The van der Waals surface area contributed by atoms with Gasteiger partial charge in [-0.05, 0) is 43.2 Å².